The average Bonchev–Trinajstić information content (AvgIpc) is 1.67. The lowest BCUT2D eigenvalue weighted by Gasteiger charge is -2.44. The second-order valence-electron chi connectivity index (χ2n) is 34.6. The number of para-hydroxylation sites is 4. The molecule has 4 heterocycles. The number of aromatic nitrogens is 2. The molecule has 502 valence electrons. The molecule has 0 saturated carbocycles. The Labute approximate surface area is 611 Å². The Morgan fingerprint density at radius 3 is 1.15 bits per heavy atom. The maximum Gasteiger partial charge on any atom is 0.252 e. The first-order valence-corrected chi connectivity index (χ1v) is 35.9. The SMILES string of the molecule is [2H]c1c([2H])c([2H])c2c(c1[2H])c1c([2H])c([2H])c([2H])c([2H])c1n2-c1ccc2c(c1)N(c1ccc(-c3cc(C(C)(C)C)cc(C(C)(C)C)c3)cc1)c1cc(-n3c4ccccc4c4ccccc43)cc3c1B2c1ccc(-c2cc(C(C)(C)C)cc(C(C)(C)C)c2)cc1N3c1ccc(-c2ccc(C(C)(C)C)cc2C(C)(C)C)cc1. The molecule has 0 amide bonds. The van der Waals surface area contributed by atoms with E-state index in [0.717, 1.165) is 106 Å². The van der Waals surface area contributed by atoms with Crippen LogP contribution < -0.4 is 26.2 Å². The molecule has 0 fully saturated rings. The van der Waals surface area contributed by atoms with Gasteiger partial charge < -0.3 is 18.9 Å². The van der Waals surface area contributed by atoms with E-state index in [1.54, 1.807) is 4.57 Å². The van der Waals surface area contributed by atoms with Gasteiger partial charge in [0.1, 0.15) is 0 Å². The number of fused-ring (bicyclic) bond motifs is 10. The first-order chi connectivity index (χ1) is 51.2. The largest absolute Gasteiger partial charge is 0.311 e. The van der Waals surface area contributed by atoms with Crippen LogP contribution >= 0.6 is 0 Å². The van der Waals surface area contributed by atoms with E-state index in [4.69, 9.17) is 2.74 Å². The van der Waals surface area contributed by atoms with Gasteiger partial charge in [0, 0.05) is 61.4 Å². The Morgan fingerprint density at radius 2 is 0.673 bits per heavy atom. The van der Waals surface area contributed by atoms with E-state index in [2.05, 4.69) is 333 Å². The summed E-state index contributed by atoms with van der Waals surface area (Å²) in [6, 6.07) is 71.2. The molecule has 0 bridgehead atoms. The molecule has 12 aromatic carbocycles. The molecule has 2 aromatic heterocycles. The highest BCUT2D eigenvalue weighted by Gasteiger charge is 2.45. The predicted molar refractivity (Wildman–Crippen MR) is 438 cm³/mol. The van der Waals surface area contributed by atoms with Crippen LogP contribution in [0.5, 0.6) is 0 Å². The topological polar surface area (TPSA) is 16.3 Å². The third-order valence-corrected chi connectivity index (χ3v) is 21.4. The van der Waals surface area contributed by atoms with Crippen LogP contribution in [0.2, 0.25) is 0 Å². The van der Waals surface area contributed by atoms with Crippen molar-refractivity contribution in [2.45, 2.75) is 157 Å². The van der Waals surface area contributed by atoms with E-state index >= 15 is 0 Å². The van der Waals surface area contributed by atoms with Crippen LogP contribution in [-0.2, 0) is 32.5 Å². The van der Waals surface area contributed by atoms with E-state index in [1.165, 1.54) is 38.9 Å². The van der Waals surface area contributed by atoms with Gasteiger partial charge in [-0.15, -0.1) is 0 Å². The number of anilines is 6. The van der Waals surface area contributed by atoms with Crippen molar-refractivity contribution in [1.29, 1.82) is 0 Å². The molecule has 2 aliphatic heterocycles. The zero-order valence-electron chi connectivity index (χ0n) is 69.9. The van der Waals surface area contributed by atoms with Crippen molar-refractivity contribution in [1.82, 2.24) is 9.13 Å². The van der Waals surface area contributed by atoms with Gasteiger partial charge in [-0.25, -0.2) is 0 Å². The number of hydrogen-bond donors (Lipinski definition) is 0. The summed E-state index contributed by atoms with van der Waals surface area (Å²) >= 11 is 0. The molecule has 0 saturated heterocycles. The van der Waals surface area contributed by atoms with Gasteiger partial charge in [-0.1, -0.05) is 294 Å². The lowest BCUT2D eigenvalue weighted by atomic mass is 9.33. The molecule has 0 atom stereocenters. The minimum Gasteiger partial charge on any atom is -0.311 e. The minimum absolute atomic E-state index is 0.0231. The third kappa shape index (κ3) is 11.2. The molecule has 4 nitrogen and oxygen atoms in total. The van der Waals surface area contributed by atoms with Crippen molar-refractivity contribution >= 4 is 101 Å². The zero-order chi connectivity index (χ0) is 77.7. The van der Waals surface area contributed by atoms with Gasteiger partial charge >= 0.3 is 0 Å². The lowest BCUT2D eigenvalue weighted by Crippen LogP contribution is -2.61. The summed E-state index contributed by atoms with van der Waals surface area (Å²) in [5.41, 5.74) is 25.7. The summed E-state index contributed by atoms with van der Waals surface area (Å²) in [5, 5.41) is 2.29. The van der Waals surface area contributed by atoms with Crippen LogP contribution in [0.1, 0.15) is 169 Å². The lowest BCUT2D eigenvalue weighted by molar-refractivity contribution is 0.568. The molecule has 0 spiro atoms. The first-order valence-electron chi connectivity index (χ1n) is 39.9. The van der Waals surface area contributed by atoms with E-state index in [0.29, 0.717) is 5.69 Å². The maximum absolute atomic E-state index is 9.75. The smallest absolute Gasteiger partial charge is 0.252 e. The molecule has 2 aliphatic rings. The summed E-state index contributed by atoms with van der Waals surface area (Å²) in [4.78, 5) is 4.87. The normalized spacial score (nSPS) is 14.7. The molecule has 0 unspecified atom stereocenters. The number of nitrogens with zero attached hydrogens (tertiary/aromatic N) is 4. The molecule has 16 rings (SSSR count). The average molecular weight is 1320 g/mol. The summed E-state index contributed by atoms with van der Waals surface area (Å²) in [5.74, 6) is 0. The molecule has 101 heavy (non-hydrogen) atoms. The number of rotatable bonds is 7. The van der Waals surface area contributed by atoms with Crippen LogP contribution in [0.25, 0.3) is 88.4 Å². The Bertz CT molecular complexity index is 5960. The molecular formula is C96H95BN4. The minimum atomic E-state index is -0.489. The van der Waals surface area contributed by atoms with Crippen LogP contribution in [0.3, 0.4) is 0 Å². The molecule has 5 heteroatoms. The monoisotopic (exact) mass is 1320 g/mol. The van der Waals surface area contributed by atoms with Gasteiger partial charge in [0.15, 0.2) is 0 Å². The van der Waals surface area contributed by atoms with E-state index in [9.17, 15) is 8.22 Å². The van der Waals surface area contributed by atoms with Gasteiger partial charge in [0.2, 0.25) is 0 Å². The fraction of sp³-hybridized carbons (Fsp3) is 0.250. The standard InChI is InChI=1S/C96H95BN4/c1-91(2,3)65-40-46-74(79(56-65)96(16,17)18)61-37-43-71(44-38-61)98-86-53-62(64-51-68(94(10,11)12)55-69(52-64)95(13,14)15)39-47-80(86)97-81-48-45-72(100-82-31-23-19-27-75(82)76-28-20-24-32-83(76)100)57-87(81)99(70-41-35-60(36-42-70)63-49-66(92(4,5)6)54-67(50-63)93(7,8)9)89-59-73(58-88(98)90(89)97)101-84-33-25-21-29-77(84)78-30-22-26-34-85(78)101/h19-59H,1-18H3/i19D,20D,23D,24D,27D,28D,31D,32D. The summed E-state index contributed by atoms with van der Waals surface area (Å²) in [6.07, 6.45) is 0. The van der Waals surface area contributed by atoms with Crippen LogP contribution in [0, 0.1) is 0 Å². The highest BCUT2D eigenvalue weighted by Crippen LogP contribution is 2.50. The highest BCUT2D eigenvalue weighted by atomic mass is 15.2. The fourth-order valence-electron chi connectivity index (χ4n) is 15.6. The van der Waals surface area contributed by atoms with Crippen molar-refractivity contribution < 1.29 is 11.0 Å². The Kier molecular flexibility index (Phi) is 13.0. The van der Waals surface area contributed by atoms with Crippen LogP contribution in [-0.4, -0.2) is 15.8 Å². The molecule has 0 N–H and O–H groups in total. The fourth-order valence-corrected chi connectivity index (χ4v) is 15.6. The van der Waals surface area contributed by atoms with Gasteiger partial charge in [0.25, 0.3) is 6.71 Å². The zero-order valence-corrected chi connectivity index (χ0v) is 61.9. The Hall–Kier alpha value is -10.1. The second kappa shape index (κ2) is 23.2. The molecule has 0 aliphatic carbocycles. The quantitative estimate of drug-likeness (QED) is 0.148. The summed E-state index contributed by atoms with van der Waals surface area (Å²) in [7, 11) is 0. The van der Waals surface area contributed by atoms with E-state index < -0.39 is 30.9 Å². The first kappa shape index (κ1) is 56.6. The van der Waals surface area contributed by atoms with Gasteiger partial charge in [-0.3, -0.25) is 0 Å². The van der Waals surface area contributed by atoms with Gasteiger partial charge in [-0.05, 0) is 194 Å². The Morgan fingerprint density at radius 1 is 0.277 bits per heavy atom. The van der Waals surface area contributed by atoms with E-state index in [-0.39, 0.29) is 78.5 Å². The van der Waals surface area contributed by atoms with Crippen molar-refractivity contribution in [3.8, 4) is 44.8 Å². The predicted octanol–water partition coefficient (Wildman–Crippen LogP) is 24.7. The van der Waals surface area contributed by atoms with Crippen LogP contribution in [0.15, 0.2) is 249 Å². The van der Waals surface area contributed by atoms with E-state index in [1.807, 2.05) is 6.07 Å². The van der Waals surface area contributed by atoms with Crippen molar-refractivity contribution in [3.63, 3.8) is 0 Å². The van der Waals surface area contributed by atoms with Gasteiger partial charge in [0.05, 0.1) is 38.7 Å². The second-order valence-corrected chi connectivity index (χ2v) is 34.6. The molecule has 0 radical (unpaired) electrons. The molecular weight excluding hydrogens is 1220 g/mol. The van der Waals surface area contributed by atoms with Crippen LogP contribution in [0.4, 0.5) is 34.1 Å². The molecule has 14 aromatic rings. The summed E-state index contributed by atoms with van der Waals surface area (Å²) in [6.45, 7) is 40.7. The maximum atomic E-state index is 9.75. The third-order valence-electron chi connectivity index (χ3n) is 21.4. The van der Waals surface area contributed by atoms with Crippen molar-refractivity contribution in [3.05, 3.63) is 282 Å². The summed E-state index contributed by atoms with van der Waals surface area (Å²) < 4.78 is 79.0. The van der Waals surface area contributed by atoms with Crippen molar-refractivity contribution in [2.75, 3.05) is 9.80 Å². The van der Waals surface area contributed by atoms with Crippen molar-refractivity contribution in [2.24, 2.45) is 0 Å². The number of hydrogen-bond acceptors (Lipinski definition) is 2. The number of benzene rings is 12. The Balaban J connectivity index is 1.04. The van der Waals surface area contributed by atoms with Gasteiger partial charge in [-0.2, -0.15) is 0 Å². The highest BCUT2D eigenvalue weighted by molar-refractivity contribution is 7.00.